The molecule has 9 heteroatoms. The molecule has 0 heterocycles. The molecule has 1 saturated carbocycles. The number of rotatable bonds is 4. The highest BCUT2D eigenvalue weighted by molar-refractivity contribution is 7.89. The van der Waals surface area contributed by atoms with E-state index in [1.165, 1.54) is 0 Å². The fourth-order valence-electron chi connectivity index (χ4n) is 2.33. The Bertz CT molecular complexity index is 714. The molecule has 1 aliphatic rings. The minimum Gasteiger partial charge on any atom is -0.258 e. The first-order valence-electron chi connectivity index (χ1n) is 6.21. The van der Waals surface area contributed by atoms with Crippen LogP contribution in [0.2, 0.25) is 0 Å². The summed E-state index contributed by atoms with van der Waals surface area (Å²) in [5.74, 6) is -1.54. The smallest absolute Gasteiger partial charge is 0.258 e. The molecule has 0 bridgehead atoms. The van der Waals surface area contributed by atoms with E-state index in [0.29, 0.717) is 25.3 Å². The Hall–Kier alpha value is -2.05. The zero-order valence-corrected chi connectivity index (χ0v) is 11.6. The predicted octanol–water partition coefficient (Wildman–Crippen LogP) is 1.70. The molecule has 2 unspecified atom stereocenters. The topological polar surface area (TPSA) is 113 Å². The van der Waals surface area contributed by atoms with Crippen molar-refractivity contribution in [3.8, 4) is 6.07 Å². The van der Waals surface area contributed by atoms with Crippen molar-refractivity contribution in [3.63, 3.8) is 0 Å². The summed E-state index contributed by atoms with van der Waals surface area (Å²) in [6.07, 6.45) is 1.75. The maximum Gasteiger partial charge on any atom is 0.270 e. The molecule has 0 radical (unpaired) electrons. The van der Waals surface area contributed by atoms with Crippen LogP contribution >= 0.6 is 0 Å². The molecule has 1 fully saturated rings. The third kappa shape index (κ3) is 3.17. The van der Waals surface area contributed by atoms with E-state index in [1.54, 1.807) is 0 Å². The number of nitrogens with zero attached hydrogens (tertiary/aromatic N) is 2. The van der Waals surface area contributed by atoms with Crippen LogP contribution in [-0.4, -0.2) is 19.4 Å². The van der Waals surface area contributed by atoms with Gasteiger partial charge in [-0.3, -0.25) is 10.1 Å². The van der Waals surface area contributed by atoms with Crippen LogP contribution in [0.15, 0.2) is 23.1 Å². The number of sulfonamides is 1. The molecule has 2 rings (SSSR count). The van der Waals surface area contributed by atoms with Crippen molar-refractivity contribution in [2.75, 3.05) is 0 Å². The Balaban J connectivity index is 2.34. The number of nitro groups is 1. The van der Waals surface area contributed by atoms with Crippen LogP contribution in [-0.2, 0) is 10.0 Å². The van der Waals surface area contributed by atoms with Gasteiger partial charge in [0, 0.05) is 18.2 Å². The number of halogens is 1. The van der Waals surface area contributed by atoms with E-state index in [4.69, 9.17) is 5.26 Å². The minimum absolute atomic E-state index is 0.471. The summed E-state index contributed by atoms with van der Waals surface area (Å²) < 4.78 is 40.3. The third-order valence-electron chi connectivity index (χ3n) is 3.40. The average molecular weight is 313 g/mol. The monoisotopic (exact) mass is 313 g/mol. The summed E-state index contributed by atoms with van der Waals surface area (Å²) >= 11 is 0. The predicted molar refractivity (Wildman–Crippen MR) is 70.1 cm³/mol. The molecular weight excluding hydrogens is 301 g/mol. The van der Waals surface area contributed by atoms with Crippen LogP contribution in [0.25, 0.3) is 0 Å². The van der Waals surface area contributed by atoms with Crippen LogP contribution in [0.1, 0.15) is 19.3 Å². The van der Waals surface area contributed by atoms with E-state index in [-0.39, 0.29) is 0 Å². The first kappa shape index (κ1) is 15.3. The number of nitrogens with one attached hydrogen (secondary N) is 1. The largest absolute Gasteiger partial charge is 0.270 e. The van der Waals surface area contributed by atoms with E-state index in [2.05, 4.69) is 4.72 Å². The second-order valence-corrected chi connectivity index (χ2v) is 6.45. The summed E-state index contributed by atoms with van der Waals surface area (Å²) in [5.41, 5.74) is -0.514. The van der Waals surface area contributed by atoms with Gasteiger partial charge in [-0.2, -0.15) is 5.26 Å². The highest BCUT2D eigenvalue weighted by atomic mass is 32.2. The lowest BCUT2D eigenvalue weighted by atomic mass is 10.1. The number of benzene rings is 1. The van der Waals surface area contributed by atoms with E-state index in [0.717, 1.165) is 12.1 Å². The molecule has 1 aromatic carbocycles. The van der Waals surface area contributed by atoms with Crippen molar-refractivity contribution < 1.29 is 17.7 Å². The van der Waals surface area contributed by atoms with Gasteiger partial charge in [0.25, 0.3) is 5.69 Å². The number of non-ortho nitro benzene ring substituents is 1. The molecule has 0 amide bonds. The molecule has 2 atom stereocenters. The van der Waals surface area contributed by atoms with Gasteiger partial charge in [-0.05, 0) is 18.9 Å². The molecule has 1 aromatic rings. The lowest BCUT2D eigenvalue weighted by Gasteiger charge is -2.16. The quantitative estimate of drug-likeness (QED) is 0.671. The van der Waals surface area contributed by atoms with Gasteiger partial charge >= 0.3 is 0 Å². The second-order valence-electron chi connectivity index (χ2n) is 4.77. The van der Waals surface area contributed by atoms with E-state index < -0.39 is 43.3 Å². The minimum atomic E-state index is -4.25. The van der Waals surface area contributed by atoms with Crippen molar-refractivity contribution in [3.05, 3.63) is 34.1 Å². The first-order valence-corrected chi connectivity index (χ1v) is 7.69. The maximum atomic E-state index is 13.7. The molecule has 0 spiro atoms. The van der Waals surface area contributed by atoms with Crippen LogP contribution in [0.5, 0.6) is 0 Å². The maximum absolute atomic E-state index is 13.7. The summed E-state index contributed by atoms with van der Waals surface area (Å²) in [6, 6.07) is 3.71. The first-order chi connectivity index (χ1) is 9.85. The number of hydrogen-bond donors (Lipinski definition) is 1. The molecule has 0 aromatic heterocycles. The fraction of sp³-hybridized carbons (Fsp3) is 0.417. The lowest BCUT2D eigenvalue weighted by Crippen LogP contribution is -2.37. The van der Waals surface area contributed by atoms with Gasteiger partial charge in [-0.1, -0.05) is 6.42 Å². The van der Waals surface area contributed by atoms with Crippen molar-refractivity contribution in [1.82, 2.24) is 4.72 Å². The Morgan fingerprint density at radius 2 is 2.14 bits per heavy atom. The van der Waals surface area contributed by atoms with Crippen molar-refractivity contribution in [2.24, 2.45) is 5.92 Å². The fourth-order valence-corrected chi connectivity index (χ4v) is 3.74. The van der Waals surface area contributed by atoms with Crippen LogP contribution in [0.3, 0.4) is 0 Å². The number of nitriles is 1. The van der Waals surface area contributed by atoms with Gasteiger partial charge in [0.2, 0.25) is 10.0 Å². The van der Waals surface area contributed by atoms with E-state index in [9.17, 15) is 22.9 Å². The van der Waals surface area contributed by atoms with Gasteiger partial charge in [-0.25, -0.2) is 17.5 Å². The number of nitro benzene ring substituents is 1. The molecule has 112 valence electrons. The lowest BCUT2D eigenvalue weighted by molar-refractivity contribution is -0.385. The Kier molecular flexibility index (Phi) is 4.20. The summed E-state index contributed by atoms with van der Waals surface area (Å²) in [5, 5.41) is 19.6. The highest BCUT2D eigenvalue weighted by Crippen LogP contribution is 2.28. The molecule has 1 aliphatic carbocycles. The second kappa shape index (κ2) is 5.75. The van der Waals surface area contributed by atoms with Crippen molar-refractivity contribution >= 4 is 15.7 Å². The normalized spacial score (nSPS) is 21.9. The SMILES string of the molecule is N#CC1CCCC1NS(=O)(=O)c1cc([N+](=O)[O-])ccc1F. The molecular formula is C12H12FN3O4S. The number of hydrogen-bond acceptors (Lipinski definition) is 5. The zero-order valence-electron chi connectivity index (χ0n) is 10.8. The van der Waals surface area contributed by atoms with Crippen molar-refractivity contribution in [1.29, 1.82) is 5.26 Å². The van der Waals surface area contributed by atoms with Crippen molar-refractivity contribution in [2.45, 2.75) is 30.2 Å². The van der Waals surface area contributed by atoms with E-state index in [1.807, 2.05) is 6.07 Å². The van der Waals surface area contributed by atoms with Gasteiger partial charge < -0.3 is 0 Å². The van der Waals surface area contributed by atoms with E-state index >= 15 is 0 Å². The van der Waals surface area contributed by atoms with Crippen LogP contribution in [0, 0.1) is 33.2 Å². The van der Waals surface area contributed by atoms with Crippen LogP contribution < -0.4 is 4.72 Å². The Labute approximate surface area is 120 Å². The zero-order chi connectivity index (χ0) is 15.6. The molecule has 7 nitrogen and oxygen atoms in total. The van der Waals surface area contributed by atoms with Gasteiger partial charge in [0.15, 0.2) is 0 Å². The molecule has 21 heavy (non-hydrogen) atoms. The summed E-state index contributed by atoms with van der Waals surface area (Å²) in [6.45, 7) is 0. The molecule has 0 aliphatic heterocycles. The average Bonchev–Trinajstić information content (AvgIpc) is 2.85. The van der Waals surface area contributed by atoms with Crippen LogP contribution in [0.4, 0.5) is 10.1 Å². The van der Waals surface area contributed by atoms with Gasteiger partial charge in [-0.15, -0.1) is 0 Å². The third-order valence-corrected chi connectivity index (χ3v) is 4.91. The van der Waals surface area contributed by atoms with Gasteiger partial charge in [0.1, 0.15) is 10.7 Å². The molecule has 1 N–H and O–H groups in total. The summed E-state index contributed by atoms with van der Waals surface area (Å²) in [4.78, 5) is 9.08. The Morgan fingerprint density at radius 3 is 2.76 bits per heavy atom. The van der Waals surface area contributed by atoms with Gasteiger partial charge in [0.05, 0.1) is 16.9 Å². The highest BCUT2D eigenvalue weighted by Gasteiger charge is 2.33. The Morgan fingerprint density at radius 1 is 1.43 bits per heavy atom. The standard InChI is InChI=1S/C12H12FN3O4S/c13-10-5-4-9(16(17)18)6-12(10)21(19,20)15-11-3-1-2-8(11)7-14/h4-6,8,11,15H,1-3H2. The molecule has 0 saturated heterocycles. The summed E-state index contributed by atoms with van der Waals surface area (Å²) in [7, 11) is -4.25.